The van der Waals surface area contributed by atoms with Gasteiger partial charge in [0.15, 0.2) is 5.84 Å². The molecular weight excluding hydrogens is 350 g/mol. The fourth-order valence-corrected chi connectivity index (χ4v) is 3.88. The van der Waals surface area contributed by atoms with Crippen molar-refractivity contribution < 1.29 is 9.90 Å². The van der Waals surface area contributed by atoms with Gasteiger partial charge in [0.1, 0.15) is 0 Å². The SMILES string of the molecule is O=C(O)C1CC(N2CCC3N=C(C#Cc4ccccc4Cl)NC=C3C2)C1. The molecule has 1 aromatic rings. The molecule has 1 saturated heterocycles. The van der Waals surface area contributed by atoms with Crippen LogP contribution in [0.15, 0.2) is 41.0 Å². The summed E-state index contributed by atoms with van der Waals surface area (Å²) >= 11 is 6.13. The van der Waals surface area contributed by atoms with Crippen LogP contribution in [0.5, 0.6) is 0 Å². The molecule has 5 nitrogen and oxygen atoms in total. The molecule has 2 fully saturated rings. The van der Waals surface area contributed by atoms with Crippen molar-refractivity contribution in [3.63, 3.8) is 0 Å². The van der Waals surface area contributed by atoms with Crippen molar-refractivity contribution >= 4 is 23.4 Å². The molecule has 134 valence electrons. The lowest BCUT2D eigenvalue weighted by Gasteiger charge is -2.45. The highest BCUT2D eigenvalue weighted by atomic mass is 35.5. The summed E-state index contributed by atoms with van der Waals surface area (Å²) in [5.41, 5.74) is 2.04. The van der Waals surface area contributed by atoms with Crippen molar-refractivity contribution in [1.82, 2.24) is 10.2 Å². The number of carboxylic acids is 1. The molecule has 0 spiro atoms. The summed E-state index contributed by atoms with van der Waals surface area (Å²) in [6, 6.07) is 8.07. The van der Waals surface area contributed by atoms with Gasteiger partial charge in [-0.2, -0.15) is 0 Å². The summed E-state index contributed by atoms with van der Waals surface area (Å²) in [4.78, 5) is 18.1. The van der Waals surface area contributed by atoms with Gasteiger partial charge in [0.2, 0.25) is 0 Å². The number of hydrogen-bond donors (Lipinski definition) is 2. The number of halogens is 1. The summed E-state index contributed by atoms with van der Waals surface area (Å²) in [5, 5.41) is 12.9. The zero-order chi connectivity index (χ0) is 18.1. The first-order valence-electron chi connectivity index (χ1n) is 8.87. The van der Waals surface area contributed by atoms with Gasteiger partial charge in [0.25, 0.3) is 0 Å². The molecule has 0 radical (unpaired) electrons. The molecule has 2 N–H and O–H groups in total. The van der Waals surface area contributed by atoms with Gasteiger partial charge in [0, 0.05) is 30.9 Å². The van der Waals surface area contributed by atoms with E-state index in [2.05, 4.69) is 22.1 Å². The van der Waals surface area contributed by atoms with E-state index in [1.165, 1.54) is 5.57 Å². The van der Waals surface area contributed by atoms with Gasteiger partial charge in [-0.25, -0.2) is 0 Å². The van der Waals surface area contributed by atoms with Crippen LogP contribution in [0.3, 0.4) is 0 Å². The van der Waals surface area contributed by atoms with E-state index in [9.17, 15) is 4.79 Å². The van der Waals surface area contributed by atoms with Gasteiger partial charge in [-0.15, -0.1) is 0 Å². The van der Waals surface area contributed by atoms with Crippen LogP contribution in [0.25, 0.3) is 0 Å². The highest BCUT2D eigenvalue weighted by Crippen LogP contribution is 2.35. The number of aliphatic imine (C=N–C) groups is 1. The van der Waals surface area contributed by atoms with Crippen LogP contribution in [0.1, 0.15) is 24.8 Å². The maximum absolute atomic E-state index is 11.0. The van der Waals surface area contributed by atoms with Crippen molar-refractivity contribution in [2.75, 3.05) is 13.1 Å². The Bertz CT molecular complexity index is 846. The molecule has 26 heavy (non-hydrogen) atoms. The average molecular weight is 370 g/mol. The molecule has 6 heteroatoms. The normalized spacial score (nSPS) is 27.7. The zero-order valence-electron chi connectivity index (χ0n) is 14.3. The van der Waals surface area contributed by atoms with Crippen molar-refractivity contribution in [3.05, 3.63) is 46.6 Å². The van der Waals surface area contributed by atoms with Crippen LogP contribution in [-0.2, 0) is 4.79 Å². The quantitative estimate of drug-likeness (QED) is 0.786. The van der Waals surface area contributed by atoms with E-state index < -0.39 is 5.97 Å². The monoisotopic (exact) mass is 369 g/mol. The first-order chi connectivity index (χ1) is 12.6. The summed E-state index contributed by atoms with van der Waals surface area (Å²) in [6.45, 7) is 1.80. The third kappa shape index (κ3) is 3.48. The number of carboxylic acid groups (broad SMARTS) is 1. The van der Waals surface area contributed by atoms with E-state index in [1.807, 2.05) is 30.5 Å². The molecule has 1 aromatic carbocycles. The van der Waals surface area contributed by atoms with E-state index in [0.29, 0.717) is 16.9 Å². The third-order valence-electron chi connectivity index (χ3n) is 5.35. The molecule has 2 heterocycles. The van der Waals surface area contributed by atoms with Crippen LogP contribution in [0, 0.1) is 17.8 Å². The Labute approximate surface area is 157 Å². The minimum absolute atomic E-state index is 0.165. The number of piperidine rings is 1. The van der Waals surface area contributed by atoms with Gasteiger partial charge in [-0.05, 0) is 42.9 Å². The zero-order valence-corrected chi connectivity index (χ0v) is 15.0. The van der Waals surface area contributed by atoms with Crippen molar-refractivity contribution in [2.45, 2.75) is 31.3 Å². The molecule has 2 aliphatic heterocycles. The first kappa shape index (κ1) is 17.1. The summed E-state index contributed by atoms with van der Waals surface area (Å²) in [6.07, 6.45) is 4.48. The lowest BCUT2D eigenvalue weighted by molar-refractivity contribution is -0.147. The van der Waals surface area contributed by atoms with E-state index in [-0.39, 0.29) is 12.0 Å². The van der Waals surface area contributed by atoms with E-state index in [4.69, 9.17) is 21.7 Å². The highest BCUT2D eigenvalue weighted by Gasteiger charge is 2.40. The van der Waals surface area contributed by atoms with E-state index in [0.717, 1.165) is 37.9 Å². The maximum atomic E-state index is 11.0. The number of carbonyl (C=O) groups is 1. The van der Waals surface area contributed by atoms with Gasteiger partial charge >= 0.3 is 5.97 Å². The smallest absolute Gasteiger partial charge is 0.306 e. The third-order valence-corrected chi connectivity index (χ3v) is 5.68. The predicted octanol–water partition coefficient (Wildman–Crippen LogP) is 2.51. The lowest BCUT2D eigenvalue weighted by atomic mass is 9.78. The molecule has 0 amide bonds. The van der Waals surface area contributed by atoms with Gasteiger partial charge in [0.05, 0.1) is 17.0 Å². The van der Waals surface area contributed by atoms with E-state index in [1.54, 1.807) is 0 Å². The Hall–Kier alpha value is -2.29. The maximum Gasteiger partial charge on any atom is 0.306 e. The Morgan fingerprint density at radius 2 is 2.12 bits per heavy atom. The second-order valence-electron chi connectivity index (χ2n) is 7.01. The lowest BCUT2D eigenvalue weighted by Crippen LogP contribution is -2.52. The van der Waals surface area contributed by atoms with Crippen molar-refractivity contribution in [3.8, 4) is 11.8 Å². The molecule has 1 saturated carbocycles. The fraction of sp³-hybridized carbons (Fsp3) is 0.400. The molecule has 0 bridgehead atoms. The number of nitrogens with zero attached hydrogens (tertiary/aromatic N) is 2. The average Bonchev–Trinajstić information content (AvgIpc) is 2.59. The topological polar surface area (TPSA) is 64.9 Å². The Morgan fingerprint density at radius 1 is 1.31 bits per heavy atom. The van der Waals surface area contributed by atoms with Crippen molar-refractivity contribution in [2.24, 2.45) is 10.9 Å². The number of amidine groups is 1. The van der Waals surface area contributed by atoms with Crippen LogP contribution in [0.4, 0.5) is 0 Å². The molecule has 3 aliphatic rings. The molecular formula is C20H20ClN3O2. The number of hydrogen-bond acceptors (Lipinski definition) is 4. The van der Waals surface area contributed by atoms with Gasteiger partial charge in [-0.3, -0.25) is 14.7 Å². The minimum Gasteiger partial charge on any atom is -0.481 e. The molecule has 1 atom stereocenters. The standard InChI is InChI=1S/C20H20ClN3O2/c21-17-4-2-1-3-13(17)5-6-19-22-11-15-12-24(8-7-18(15)23-19)16-9-14(10-16)20(25)26/h1-4,11,14,16,18H,7-10,12H2,(H,22,23)(H,25,26). The summed E-state index contributed by atoms with van der Waals surface area (Å²) in [7, 11) is 0. The number of likely N-dealkylation sites (tertiary alicyclic amines) is 1. The fourth-order valence-electron chi connectivity index (χ4n) is 3.69. The number of aliphatic carboxylic acids is 1. The number of fused-ring (bicyclic) bond motifs is 1. The summed E-state index contributed by atoms with van der Waals surface area (Å²) in [5.74, 6) is 5.97. The largest absolute Gasteiger partial charge is 0.481 e. The minimum atomic E-state index is -0.666. The van der Waals surface area contributed by atoms with E-state index >= 15 is 0 Å². The number of nitrogens with one attached hydrogen (secondary N) is 1. The summed E-state index contributed by atoms with van der Waals surface area (Å²) < 4.78 is 0. The van der Waals surface area contributed by atoms with Crippen LogP contribution in [0.2, 0.25) is 5.02 Å². The molecule has 1 unspecified atom stereocenters. The van der Waals surface area contributed by atoms with Crippen LogP contribution < -0.4 is 5.32 Å². The molecule has 1 aliphatic carbocycles. The van der Waals surface area contributed by atoms with Crippen LogP contribution >= 0.6 is 11.6 Å². The first-order valence-corrected chi connectivity index (χ1v) is 9.24. The number of benzene rings is 1. The van der Waals surface area contributed by atoms with Crippen molar-refractivity contribution in [1.29, 1.82) is 0 Å². The second kappa shape index (κ2) is 7.14. The van der Waals surface area contributed by atoms with Gasteiger partial charge < -0.3 is 10.4 Å². The number of rotatable bonds is 2. The highest BCUT2D eigenvalue weighted by molar-refractivity contribution is 6.31. The van der Waals surface area contributed by atoms with Crippen LogP contribution in [-0.4, -0.2) is 47.0 Å². The Balaban J connectivity index is 1.38. The Kier molecular flexibility index (Phi) is 4.71. The Morgan fingerprint density at radius 3 is 2.88 bits per heavy atom. The van der Waals surface area contributed by atoms with Gasteiger partial charge in [-0.1, -0.05) is 29.7 Å². The molecule has 4 rings (SSSR count). The second-order valence-corrected chi connectivity index (χ2v) is 7.41. The predicted molar refractivity (Wildman–Crippen MR) is 101 cm³/mol. The molecule has 0 aromatic heterocycles.